The van der Waals surface area contributed by atoms with Crippen LogP contribution in [0.25, 0.3) is 11.0 Å². The van der Waals surface area contributed by atoms with Crippen LogP contribution in [0, 0.1) is 0 Å². The summed E-state index contributed by atoms with van der Waals surface area (Å²) in [6, 6.07) is 17.7. The standard InChI is InChI=1S/C18H19N3O2/c1-21-16-10-6-5-9-15(16)20-17(21)11-19-18(22)13-23-12-14-7-3-2-4-8-14/h2-10H,11-13H2,1H3,(H,19,22). The van der Waals surface area contributed by atoms with Crippen molar-refractivity contribution in [2.75, 3.05) is 6.61 Å². The summed E-state index contributed by atoms with van der Waals surface area (Å²) in [6.45, 7) is 0.859. The van der Waals surface area contributed by atoms with Gasteiger partial charge in [0.1, 0.15) is 12.4 Å². The Balaban J connectivity index is 1.49. The Bertz CT molecular complexity index is 796. The number of imidazole rings is 1. The van der Waals surface area contributed by atoms with Crippen LogP contribution >= 0.6 is 0 Å². The molecule has 0 unspecified atom stereocenters. The van der Waals surface area contributed by atoms with E-state index in [0.29, 0.717) is 13.2 Å². The van der Waals surface area contributed by atoms with Crippen molar-refractivity contribution in [2.45, 2.75) is 13.2 Å². The molecule has 0 bridgehead atoms. The fourth-order valence-electron chi connectivity index (χ4n) is 2.42. The first kappa shape index (κ1) is 15.2. The van der Waals surface area contributed by atoms with Gasteiger partial charge in [-0.2, -0.15) is 0 Å². The monoisotopic (exact) mass is 309 g/mol. The van der Waals surface area contributed by atoms with Crippen LogP contribution in [0.4, 0.5) is 0 Å². The van der Waals surface area contributed by atoms with E-state index in [1.54, 1.807) is 0 Å². The number of benzene rings is 2. The van der Waals surface area contributed by atoms with Gasteiger partial charge in [-0.25, -0.2) is 4.98 Å². The van der Waals surface area contributed by atoms with Gasteiger partial charge in [0.25, 0.3) is 0 Å². The van der Waals surface area contributed by atoms with E-state index in [9.17, 15) is 4.79 Å². The maximum absolute atomic E-state index is 11.9. The van der Waals surface area contributed by atoms with Crippen LogP contribution < -0.4 is 5.32 Å². The second kappa shape index (κ2) is 7.07. The number of nitrogens with one attached hydrogen (secondary N) is 1. The zero-order valence-electron chi connectivity index (χ0n) is 13.0. The highest BCUT2D eigenvalue weighted by Gasteiger charge is 2.08. The largest absolute Gasteiger partial charge is 0.367 e. The minimum absolute atomic E-state index is 0.0405. The van der Waals surface area contributed by atoms with E-state index in [1.807, 2.05) is 66.2 Å². The normalized spacial score (nSPS) is 10.8. The van der Waals surface area contributed by atoms with Crippen LogP contribution in [0.2, 0.25) is 0 Å². The minimum Gasteiger partial charge on any atom is -0.367 e. The Morgan fingerprint density at radius 2 is 1.87 bits per heavy atom. The van der Waals surface area contributed by atoms with Crippen molar-refractivity contribution >= 4 is 16.9 Å². The molecule has 0 atom stereocenters. The molecule has 23 heavy (non-hydrogen) atoms. The van der Waals surface area contributed by atoms with Crippen LogP contribution in [0.3, 0.4) is 0 Å². The van der Waals surface area contributed by atoms with E-state index in [1.165, 1.54) is 0 Å². The third kappa shape index (κ3) is 3.76. The van der Waals surface area contributed by atoms with Crippen LogP contribution in [-0.2, 0) is 29.7 Å². The van der Waals surface area contributed by atoms with Crippen molar-refractivity contribution in [1.29, 1.82) is 0 Å². The van der Waals surface area contributed by atoms with Crippen molar-refractivity contribution in [3.63, 3.8) is 0 Å². The third-order valence-electron chi connectivity index (χ3n) is 3.67. The first-order valence-corrected chi connectivity index (χ1v) is 7.53. The van der Waals surface area contributed by atoms with Crippen molar-refractivity contribution < 1.29 is 9.53 Å². The van der Waals surface area contributed by atoms with Gasteiger partial charge >= 0.3 is 0 Å². The highest BCUT2D eigenvalue weighted by Crippen LogP contribution is 2.13. The molecule has 0 saturated heterocycles. The second-order valence-electron chi connectivity index (χ2n) is 5.33. The fraction of sp³-hybridized carbons (Fsp3) is 0.222. The van der Waals surface area contributed by atoms with E-state index in [4.69, 9.17) is 4.74 Å². The molecule has 1 heterocycles. The zero-order chi connectivity index (χ0) is 16.1. The number of amides is 1. The Labute approximate surface area is 134 Å². The van der Waals surface area contributed by atoms with Crippen LogP contribution in [0.1, 0.15) is 11.4 Å². The van der Waals surface area contributed by atoms with E-state index < -0.39 is 0 Å². The summed E-state index contributed by atoms with van der Waals surface area (Å²) in [5.41, 5.74) is 3.03. The molecular formula is C18H19N3O2. The minimum atomic E-state index is -0.145. The topological polar surface area (TPSA) is 56.2 Å². The Kier molecular flexibility index (Phi) is 4.68. The number of fused-ring (bicyclic) bond motifs is 1. The maximum atomic E-state index is 11.9. The lowest BCUT2D eigenvalue weighted by atomic mass is 10.2. The molecule has 1 N–H and O–H groups in total. The summed E-state index contributed by atoms with van der Waals surface area (Å²) < 4.78 is 7.41. The van der Waals surface area contributed by atoms with Gasteiger partial charge in [-0.1, -0.05) is 42.5 Å². The van der Waals surface area contributed by atoms with Crippen molar-refractivity contribution in [2.24, 2.45) is 7.05 Å². The molecule has 0 fully saturated rings. The number of aromatic nitrogens is 2. The smallest absolute Gasteiger partial charge is 0.246 e. The molecule has 1 amide bonds. The van der Waals surface area contributed by atoms with Gasteiger partial charge in [0, 0.05) is 7.05 Å². The number of carbonyl (C=O) groups is 1. The number of aryl methyl sites for hydroxylation is 1. The molecule has 118 valence electrons. The lowest BCUT2D eigenvalue weighted by Gasteiger charge is -2.07. The number of hydrogen-bond donors (Lipinski definition) is 1. The Hall–Kier alpha value is -2.66. The summed E-state index contributed by atoms with van der Waals surface area (Å²) in [7, 11) is 1.95. The van der Waals surface area contributed by atoms with Gasteiger partial charge in [-0.15, -0.1) is 0 Å². The van der Waals surface area contributed by atoms with Gasteiger partial charge in [0.15, 0.2) is 0 Å². The number of carbonyl (C=O) groups excluding carboxylic acids is 1. The van der Waals surface area contributed by atoms with Crippen LogP contribution in [0.5, 0.6) is 0 Å². The molecule has 5 heteroatoms. The van der Waals surface area contributed by atoms with Crippen LogP contribution in [-0.4, -0.2) is 22.1 Å². The molecule has 2 aromatic carbocycles. The van der Waals surface area contributed by atoms with E-state index in [2.05, 4.69) is 10.3 Å². The van der Waals surface area contributed by atoms with Crippen molar-refractivity contribution in [3.05, 3.63) is 66.0 Å². The average molecular weight is 309 g/mol. The molecule has 1 aromatic heterocycles. The number of ether oxygens (including phenoxy) is 1. The molecule has 0 radical (unpaired) electrons. The van der Waals surface area contributed by atoms with Gasteiger partial charge in [0.2, 0.25) is 5.91 Å². The second-order valence-corrected chi connectivity index (χ2v) is 5.33. The quantitative estimate of drug-likeness (QED) is 0.761. The zero-order valence-corrected chi connectivity index (χ0v) is 13.0. The molecule has 5 nitrogen and oxygen atoms in total. The molecule has 0 aliphatic heterocycles. The SMILES string of the molecule is Cn1c(CNC(=O)COCc2ccccc2)nc2ccccc21. The Morgan fingerprint density at radius 1 is 1.13 bits per heavy atom. The van der Waals surface area contributed by atoms with Gasteiger partial charge in [-0.05, 0) is 17.7 Å². The van der Waals surface area contributed by atoms with E-state index in [0.717, 1.165) is 22.4 Å². The lowest BCUT2D eigenvalue weighted by Crippen LogP contribution is -2.28. The van der Waals surface area contributed by atoms with Gasteiger partial charge in [0.05, 0.1) is 24.2 Å². The van der Waals surface area contributed by atoms with Gasteiger partial charge < -0.3 is 14.6 Å². The highest BCUT2D eigenvalue weighted by atomic mass is 16.5. The summed E-state index contributed by atoms with van der Waals surface area (Å²) >= 11 is 0. The van der Waals surface area contributed by atoms with E-state index in [-0.39, 0.29) is 12.5 Å². The van der Waals surface area contributed by atoms with Crippen molar-refractivity contribution in [1.82, 2.24) is 14.9 Å². The summed E-state index contributed by atoms with van der Waals surface area (Å²) in [5.74, 6) is 0.676. The number of hydrogen-bond acceptors (Lipinski definition) is 3. The lowest BCUT2D eigenvalue weighted by molar-refractivity contribution is -0.126. The molecule has 0 aliphatic carbocycles. The highest BCUT2D eigenvalue weighted by molar-refractivity contribution is 5.78. The number of para-hydroxylation sites is 2. The number of rotatable bonds is 6. The first-order valence-electron chi connectivity index (χ1n) is 7.53. The predicted octanol–water partition coefficient (Wildman–Crippen LogP) is 2.41. The average Bonchev–Trinajstić information content (AvgIpc) is 2.90. The third-order valence-corrected chi connectivity index (χ3v) is 3.67. The van der Waals surface area contributed by atoms with E-state index >= 15 is 0 Å². The Morgan fingerprint density at radius 3 is 2.65 bits per heavy atom. The molecule has 3 rings (SSSR count). The molecule has 3 aromatic rings. The summed E-state index contributed by atoms with van der Waals surface area (Å²) in [6.07, 6.45) is 0. The van der Waals surface area contributed by atoms with Crippen molar-refractivity contribution in [3.8, 4) is 0 Å². The maximum Gasteiger partial charge on any atom is 0.246 e. The van der Waals surface area contributed by atoms with Crippen LogP contribution in [0.15, 0.2) is 54.6 Å². The first-order chi connectivity index (χ1) is 11.2. The molecule has 0 aliphatic rings. The number of nitrogens with zero attached hydrogens (tertiary/aromatic N) is 2. The summed E-state index contributed by atoms with van der Waals surface area (Å²) in [5, 5.41) is 2.84. The fourth-order valence-corrected chi connectivity index (χ4v) is 2.42. The van der Waals surface area contributed by atoms with Gasteiger partial charge in [-0.3, -0.25) is 4.79 Å². The molecule has 0 spiro atoms. The predicted molar refractivity (Wildman–Crippen MR) is 88.7 cm³/mol. The molecule has 0 saturated carbocycles. The summed E-state index contributed by atoms with van der Waals surface area (Å²) in [4.78, 5) is 16.4. The molecular weight excluding hydrogens is 290 g/mol.